The smallest absolute Gasteiger partial charge is 0.270 e. The maximum absolute atomic E-state index is 13.7. The van der Waals surface area contributed by atoms with Crippen molar-refractivity contribution in [2.24, 2.45) is 0 Å². The Bertz CT molecular complexity index is 3190. The van der Waals surface area contributed by atoms with Crippen molar-refractivity contribution in [2.45, 2.75) is 0 Å². The molecular formula is C50H28N6O6. The number of hydrogen-bond acceptors (Lipinski definition) is 8. The summed E-state index contributed by atoms with van der Waals surface area (Å²) in [4.78, 5) is 66.7. The van der Waals surface area contributed by atoms with Gasteiger partial charge in [-0.25, -0.2) is 9.97 Å². The van der Waals surface area contributed by atoms with Crippen LogP contribution >= 0.6 is 0 Å². The number of aromatic nitrogens is 4. The first kappa shape index (κ1) is 36.2. The monoisotopic (exact) mass is 808 g/mol. The summed E-state index contributed by atoms with van der Waals surface area (Å²) in [7, 11) is 0. The van der Waals surface area contributed by atoms with Crippen LogP contribution < -0.4 is 0 Å². The highest BCUT2D eigenvalue weighted by atomic mass is 16.6. The number of nitro groups is 2. The molecule has 2 aliphatic carbocycles. The Morgan fingerprint density at radius 2 is 0.742 bits per heavy atom. The number of ketones is 2. The minimum atomic E-state index is -0.502. The Morgan fingerprint density at radius 3 is 1.15 bits per heavy atom. The second kappa shape index (κ2) is 13.9. The molecule has 2 aromatic heterocycles. The molecule has 7 aromatic carbocycles. The Kier molecular flexibility index (Phi) is 8.09. The summed E-state index contributed by atoms with van der Waals surface area (Å²) in [6.07, 6.45) is 0. The average molecular weight is 809 g/mol. The van der Waals surface area contributed by atoms with E-state index in [0.717, 1.165) is 33.6 Å². The normalized spacial score (nSPS) is 12.2. The number of non-ortho nitro benzene ring substituents is 2. The summed E-state index contributed by atoms with van der Waals surface area (Å²) in [6.45, 7) is 0. The molecule has 12 nitrogen and oxygen atoms in total. The molecule has 0 amide bonds. The molecule has 0 atom stereocenters. The van der Waals surface area contributed by atoms with Gasteiger partial charge in [-0.2, -0.15) is 0 Å². The first-order chi connectivity index (χ1) is 30.2. The van der Waals surface area contributed by atoms with E-state index >= 15 is 0 Å². The van der Waals surface area contributed by atoms with E-state index in [-0.39, 0.29) is 22.9 Å². The van der Waals surface area contributed by atoms with Crippen LogP contribution in [0.4, 0.5) is 11.4 Å². The molecule has 0 saturated carbocycles. The largest absolute Gasteiger partial charge is 0.337 e. The van der Waals surface area contributed by atoms with E-state index in [9.17, 15) is 29.8 Å². The summed E-state index contributed by atoms with van der Waals surface area (Å²) >= 11 is 0. The number of rotatable bonds is 8. The second-order valence-corrected chi connectivity index (χ2v) is 15.1. The van der Waals surface area contributed by atoms with Crippen molar-refractivity contribution in [3.63, 3.8) is 0 Å². The lowest BCUT2D eigenvalue weighted by atomic mass is 9.99. The van der Waals surface area contributed by atoms with E-state index in [2.05, 4.69) is 9.97 Å². The van der Waals surface area contributed by atoms with Gasteiger partial charge in [-0.15, -0.1) is 0 Å². The number of nitro benzene ring substituents is 2. The number of fused-ring (bicyclic) bond motifs is 6. The van der Waals surface area contributed by atoms with Gasteiger partial charge < -0.3 is 9.97 Å². The zero-order valence-corrected chi connectivity index (χ0v) is 32.2. The van der Waals surface area contributed by atoms with Crippen molar-refractivity contribution in [3.8, 4) is 90.1 Å². The van der Waals surface area contributed by atoms with Gasteiger partial charge in [0.25, 0.3) is 11.4 Å². The predicted molar refractivity (Wildman–Crippen MR) is 234 cm³/mol. The van der Waals surface area contributed by atoms with Crippen molar-refractivity contribution in [1.29, 1.82) is 0 Å². The Labute approximate surface area is 351 Å². The number of H-pyrrole nitrogens is 2. The van der Waals surface area contributed by atoms with Gasteiger partial charge >= 0.3 is 0 Å². The third kappa shape index (κ3) is 5.77. The standard InChI is InChI=1S/C50H28N6O6/c57-47-39-23-29(14-18-35(39)37-20-16-33(55(59)60)25-41(37)47)45-43(27-8-3-1-4-9-27)51-49(53-45)31-12-7-13-32(22-31)50-52-44(28-10-5-2-6-11-28)46(54-50)30-15-19-36-38-21-17-34(56(61)62)26-42(38)48(58)40(36)24-30/h1-26H,(H,51,53)(H,52,54). The van der Waals surface area contributed by atoms with Crippen molar-refractivity contribution in [2.75, 3.05) is 0 Å². The molecule has 0 bridgehead atoms. The fourth-order valence-electron chi connectivity index (χ4n) is 8.53. The van der Waals surface area contributed by atoms with Crippen molar-refractivity contribution in [1.82, 2.24) is 19.9 Å². The molecule has 0 saturated heterocycles. The molecule has 0 spiro atoms. The van der Waals surface area contributed by atoms with Gasteiger partial charge in [0.15, 0.2) is 11.6 Å². The van der Waals surface area contributed by atoms with Gasteiger partial charge in [-0.3, -0.25) is 29.8 Å². The van der Waals surface area contributed by atoms with Crippen molar-refractivity contribution >= 4 is 22.9 Å². The zero-order chi connectivity index (χ0) is 42.2. The Balaban J connectivity index is 0.988. The van der Waals surface area contributed by atoms with Crippen LogP contribution in [0.5, 0.6) is 0 Å². The van der Waals surface area contributed by atoms with Gasteiger partial charge in [0.1, 0.15) is 11.6 Å². The maximum Gasteiger partial charge on any atom is 0.270 e. The highest BCUT2D eigenvalue weighted by molar-refractivity contribution is 6.23. The number of nitrogens with one attached hydrogen (secondary N) is 2. The summed E-state index contributed by atoms with van der Waals surface area (Å²) < 4.78 is 0. The number of carbonyl (C=O) groups is 2. The van der Waals surface area contributed by atoms with Crippen LogP contribution in [0.1, 0.15) is 31.8 Å². The van der Waals surface area contributed by atoms with E-state index in [1.807, 2.05) is 109 Å². The summed E-state index contributed by atoms with van der Waals surface area (Å²) in [6, 6.07) is 47.3. The third-order valence-electron chi connectivity index (χ3n) is 11.5. The van der Waals surface area contributed by atoms with E-state index < -0.39 is 9.85 Å². The van der Waals surface area contributed by atoms with Crippen molar-refractivity contribution < 1.29 is 19.4 Å². The van der Waals surface area contributed by atoms with Crippen LogP contribution in [0, 0.1) is 20.2 Å². The molecular weight excluding hydrogens is 781 g/mol. The maximum atomic E-state index is 13.7. The van der Waals surface area contributed by atoms with Gasteiger partial charge in [-0.05, 0) is 52.6 Å². The van der Waals surface area contributed by atoms with E-state index in [0.29, 0.717) is 78.7 Å². The Hall–Kier alpha value is -8.90. The van der Waals surface area contributed by atoms with Crippen molar-refractivity contribution in [3.05, 3.63) is 200 Å². The topological polar surface area (TPSA) is 178 Å². The molecule has 2 aliphatic rings. The number of benzene rings is 7. The number of aromatic amines is 2. The highest BCUT2D eigenvalue weighted by Gasteiger charge is 2.31. The van der Waals surface area contributed by atoms with E-state index in [4.69, 9.17) is 9.97 Å². The third-order valence-corrected chi connectivity index (χ3v) is 11.5. The summed E-state index contributed by atoms with van der Waals surface area (Å²) in [5.74, 6) is 0.610. The van der Waals surface area contributed by atoms with Crippen LogP contribution in [-0.2, 0) is 0 Å². The van der Waals surface area contributed by atoms with Gasteiger partial charge in [-0.1, -0.05) is 103 Å². The second-order valence-electron chi connectivity index (χ2n) is 15.1. The zero-order valence-electron chi connectivity index (χ0n) is 32.2. The number of hydrogen-bond donors (Lipinski definition) is 2. The van der Waals surface area contributed by atoms with E-state index in [1.165, 1.54) is 24.3 Å². The van der Waals surface area contributed by atoms with Gasteiger partial charge in [0.2, 0.25) is 0 Å². The summed E-state index contributed by atoms with van der Waals surface area (Å²) in [5, 5.41) is 23.0. The number of carbonyl (C=O) groups excluding carboxylic acids is 2. The lowest BCUT2D eigenvalue weighted by molar-refractivity contribution is -0.385. The van der Waals surface area contributed by atoms with Crippen LogP contribution in [0.15, 0.2) is 158 Å². The fourth-order valence-corrected chi connectivity index (χ4v) is 8.53. The molecule has 0 radical (unpaired) electrons. The molecule has 11 rings (SSSR count). The molecule has 294 valence electrons. The number of nitrogens with zero attached hydrogens (tertiary/aromatic N) is 4. The average Bonchev–Trinajstić information content (AvgIpc) is 4.09. The lowest BCUT2D eigenvalue weighted by Crippen LogP contribution is -1.97. The molecule has 0 aliphatic heterocycles. The SMILES string of the molecule is O=C1c2cc(-c3nc(-c4cccc(-c5nc(-c6ccc7c(c6)C(=O)c6cc([N+](=O)[O-])ccc6-7)c(-c6ccccc6)[nH]5)c4)[nH]c3-c3ccccc3)ccc2-c2ccc([N+](=O)[O-])cc21. The van der Waals surface area contributed by atoms with Crippen LogP contribution in [-0.4, -0.2) is 41.3 Å². The minimum absolute atomic E-state index is 0.139. The van der Waals surface area contributed by atoms with Crippen LogP contribution in [0.3, 0.4) is 0 Å². The number of imidazole rings is 2. The summed E-state index contributed by atoms with van der Waals surface area (Å²) in [5.41, 5.74) is 11.5. The molecule has 2 heterocycles. The van der Waals surface area contributed by atoms with Crippen LogP contribution in [0.2, 0.25) is 0 Å². The Morgan fingerprint density at radius 1 is 0.371 bits per heavy atom. The first-order valence-corrected chi connectivity index (χ1v) is 19.6. The molecule has 0 fully saturated rings. The quantitative estimate of drug-likeness (QED) is 0.112. The highest BCUT2D eigenvalue weighted by Crippen LogP contribution is 2.44. The lowest BCUT2D eigenvalue weighted by Gasteiger charge is -2.06. The predicted octanol–water partition coefficient (Wildman–Crippen LogP) is 11.4. The molecule has 2 N–H and O–H groups in total. The molecule has 12 heteroatoms. The van der Waals surface area contributed by atoms with Crippen LogP contribution in [0.25, 0.3) is 90.1 Å². The molecule has 9 aromatic rings. The van der Waals surface area contributed by atoms with E-state index in [1.54, 1.807) is 24.3 Å². The first-order valence-electron chi connectivity index (χ1n) is 19.6. The molecule has 62 heavy (non-hydrogen) atoms. The molecule has 0 unspecified atom stereocenters. The fraction of sp³-hybridized carbons (Fsp3) is 0. The minimum Gasteiger partial charge on any atom is -0.337 e. The van der Waals surface area contributed by atoms with Gasteiger partial charge in [0, 0.05) is 79.9 Å². The van der Waals surface area contributed by atoms with Gasteiger partial charge in [0.05, 0.1) is 32.6 Å².